The molecule has 0 radical (unpaired) electrons. The molecule has 3 heterocycles. The van der Waals surface area contributed by atoms with Crippen molar-refractivity contribution < 1.29 is 13.9 Å². The van der Waals surface area contributed by atoms with E-state index in [1.54, 1.807) is 25.5 Å². The topological polar surface area (TPSA) is 83.8 Å². The van der Waals surface area contributed by atoms with E-state index in [0.717, 1.165) is 22.5 Å². The summed E-state index contributed by atoms with van der Waals surface area (Å²) in [6, 6.07) is 26.2. The van der Waals surface area contributed by atoms with Crippen LogP contribution in [-0.4, -0.2) is 34.2 Å². The predicted octanol–water partition coefficient (Wildman–Crippen LogP) is 5.89. The van der Waals surface area contributed by atoms with Crippen LogP contribution in [0.4, 0.5) is 0 Å². The highest BCUT2D eigenvalue weighted by Crippen LogP contribution is 2.32. The largest absolute Gasteiger partial charge is 0.496 e. The number of hydrogen-bond donors (Lipinski definition) is 0. The molecule has 6 aromatic rings. The van der Waals surface area contributed by atoms with Crippen LogP contribution < -0.4 is 15.0 Å². The Morgan fingerprint density at radius 3 is 2.63 bits per heavy atom. The summed E-state index contributed by atoms with van der Waals surface area (Å²) in [6.07, 6.45) is 3.58. The van der Waals surface area contributed by atoms with Crippen molar-refractivity contribution >= 4 is 28.1 Å². The number of rotatable bonds is 7. The zero-order chi connectivity index (χ0) is 26.1. The molecule has 8 nitrogen and oxygen atoms in total. The fourth-order valence-electron chi connectivity index (χ4n) is 4.43. The normalized spacial score (nSPS) is 11.5. The molecule has 0 aliphatic carbocycles. The Kier molecular flexibility index (Phi) is 5.97. The van der Waals surface area contributed by atoms with Gasteiger partial charge in [0.15, 0.2) is 5.76 Å². The Hall–Kier alpha value is -5.11. The number of furan rings is 1. The third-order valence-corrected chi connectivity index (χ3v) is 6.23. The van der Waals surface area contributed by atoms with Gasteiger partial charge in [0.2, 0.25) is 5.82 Å². The zero-order valence-electron chi connectivity index (χ0n) is 20.9. The van der Waals surface area contributed by atoms with Gasteiger partial charge in [-0.2, -0.15) is 9.78 Å². The van der Waals surface area contributed by atoms with Gasteiger partial charge in [0.05, 0.1) is 41.9 Å². The van der Waals surface area contributed by atoms with E-state index in [1.807, 2.05) is 90.5 Å². The maximum atomic E-state index is 13.6. The van der Waals surface area contributed by atoms with Crippen LogP contribution in [0.1, 0.15) is 12.6 Å². The van der Waals surface area contributed by atoms with Crippen molar-refractivity contribution in [2.75, 3.05) is 13.7 Å². The molecule has 3 aromatic carbocycles. The van der Waals surface area contributed by atoms with Crippen LogP contribution in [0.25, 0.3) is 39.1 Å². The summed E-state index contributed by atoms with van der Waals surface area (Å²) >= 11 is 0. The Morgan fingerprint density at radius 1 is 0.974 bits per heavy atom. The predicted molar refractivity (Wildman–Crippen MR) is 148 cm³/mol. The molecule has 3 aromatic heterocycles. The first-order chi connectivity index (χ1) is 18.7. The Morgan fingerprint density at radius 2 is 1.82 bits per heavy atom. The number of fused-ring (bicyclic) bond motifs is 2. The van der Waals surface area contributed by atoms with Gasteiger partial charge in [0.25, 0.3) is 5.56 Å². The van der Waals surface area contributed by atoms with E-state index in [4.69, 9.17) is 18.9 Å². The summed E-state index contributed by atoms with van der Waals surface area (Å²) in [5, 5.41) is 5.85. The van der Waals surface area contributed by atoms with Crippen molar-refractivity contribution in [1.29, 1.82) is 0 Å². The fourth-order valence-corrected chi connectivity index (χ4v) is 4.43. The number of para-hydroxylation sites is 1. The molecular weight excluding hydrogens is 480 g/mol. The third kappa shape index (κ3) is 4.12. The minimum atomic E-state index is -0.298. The van der Waals surface area contributed by atoms with Gasteiger partial charge in [-0.1, -0.05) is 18.2 Å². The highest BCUT2D eigenvalue weighted by molar-refractivity contribution is 5.88. The fraction of sp³-hybridized carbons (Fsp3) is 0.100. The van der Waals surface area contributed by atoms with Gasteiger partial charge in [-0.3, -0.25) is 4.79 Å². The van der Waals surface area contributed by atoms with Crippen molar-refractivity contribution in [1.82, 2.24) is 14.2 Å². The number of benzene rings is 3. The first-order valence-corrected chi connectivity index (χ1v) is 12.2. The monoisotopic (exact) mass is 504 g/mol. The lowest BCUT2D eigenvalue weighted by Crippen LogP contribution is -2.20. The van der Waals surface area contributed by atoms with Crippen LogP contribution >= 0.6 is 0 Å². The van der Waals surface area contributed by atoms with Crippen molar-refractivity contribution in [2.45, 2.75) is 6.92 Å². The molecule has 0 bridgehead atoms. The van der Waals surface area contributed by atoms with E-state index in [-0.39, 0.29) is 5.56 Å². The molecule has 188 valence electrons. The molecule has 0 unspecified atom stereocenters. The highest BCUT2D eigenvalue weighted by atomic mass is 16.5. The van der Waals surface area contributed by atoms with Crippen molar-refractivity contribution in [3.05, 3.63) is 107 Å². The van der Waals surface area contributed by atoms with Crippen LogP contribution in [-0.2, 0) is 0 Å². The first kappa shape index (κ1) is 23.3. The number of ether oxygens (including phenoxy) is 2. The summed E-state index contributed by atoms with van der Waals surface area (Å²) in [5.41, 5.74) is 2.61. The Bertz CT molecular complexity index is 1840. The molecule has 6 rings (SSSR count). The second-order valence-electron chi connectivity index (χ2n) is 8.53. The molecule has 0 aliphatic heterocycles. The van der Waals surface area contributed by atoms with Gasteiger partial charge in [-0.25, -0.2) is 4.98 Å². The average Bonchev–Trinajstić information content (AvgIpc) is 3.60. The van der Waals surface area contributed by atoms with Crippen LogP contribution in [0.15, 0.2) is 105 Å². The van der Waals surface area contributed by atoms with E-state index in [9.17, 15) is 4.79 Å². The second-order valence-corrected chi connectivity index (χ2v) is 8.53. The molecule has 0 saturated carbocycles. The summed E-state index contributed by atoms with van der Waals surface area (Å²) in [5.74, 6) is 2.18. The molecule has 0 amide bonds. The van der Waals surface area contributed by atoms with Crippen LogP contribution in [0.2, 0.25) is 0 Å². The van der Waals surface area contributed by atoms with Gasteiger partial charge >= 0.3 is 0 Å². The Balaban J connectivity index is 1.48. The summed E-state index contributed by atoms with van der Waals surface area (Å²) in [7, 11) is 1.61. The smallest absolute Gasteiger partial charge is 0.282 e. The van der Waals surface area contributed by atoms with E-state index >= 15 is 0 Å². The highest BCUT2D eigenvalue weighted by Gasteiger charge is 2.18. The first-order valence-electron chi connectivity index (χ1n) is 12.2. The third-order valence-electron chi connectivity index (χ3n) is 6.23. The Labute approximate surface area is 218 Å². The van der Waals surface area contributed by atoms with Gasteiger partial charge in [-0.15, -0.1) is 0 Å². The van der Waals surface area contributed by atoms with Crippen LogP contribution in [0, 0.1) is 0 Å². The lowest BCUT2D eigenvalue weighted by atomic mass is 10.2. The van der Waals surface area contributed by atoms with Gasteiger partial charge in [0.1, 0.15) is 17.1 Å². The molecule has 0 N–H and O–H groups in total. The standard InChI is InChI=1S/C30H24N4O4/c1-3-37-22-15-13-20(14-16-22)33-17-7-8-21(33)19-31-34-29(32-25-10-5-4-9-23(25)30(34)35)28-18-24-26(36-2)11-6-12-27(24)38-28/h4-19H,3H2,1-2H3. The summed E-state index contributed by atoms with van der Waals surface area (Å²) < 4.78 is 20.4. The van der Waals surface area contributed by atoms with Crippen LogP contribution in [0.5, 0.6) is 11.5 Å². The number of aromatic nitrogens is 3. The van der Waals surface area contributed by atoms with E-state index in [1.165, 1.54) is 4.68 Å². The van der Waals surface area contributed by atoms with Gasteiger partial charge in [-0.05, 0) is 73.7 Å². The maximum absolute atomic E-state index is 13.6. The van der Waals surface area contributed by atoms with Gasteiger partial charge < -0.3 is 18.5 Å². The van der Waals surface area contributed by atoms with Crippen LogP contribution in [0.3, 0.4) is 0 Å². The van der Waals surface area contributed by atoms with Gasteiger partial charge in [0, 0.05) is 11.9 Å². The van der Waals surface area contributed by atoms with Crippen molar-refractivity contribution in [3.63, 3.8) is 0 Å². The van der Waals surface area contributed by atoms with Crippen molar-refractivity contribution in [3.8, 4) is 28.8 Å². The quantitative estimate of drug-likeness (QED) is 0.253. The average molecular weight is 505 g/mol. The number of nitrogens with zero attached hydrogens (tertiary/aromatic N) is 4. The number of methoxy groups -OCH3 is 1. The molecule has 0 aliphatic rings. The van der Waals surface area contributed by atoms with E-state index in [2.05, 4.69) is 5.10 Å². The molecule has 0 fully saturated rings. The second kappa shape index (κ2) is 9.74. The minimum absolute atomic E-state index is 0.294. The SMILES string of the molecule is CCOc1ccc(-n2cccc2C=Nn2c(-c3cc4c(OC)cccc4o3)nc3ccccc3c2=O)cc1. The lowest BCUT2D eigenvalue weighted by molar-refractivity contribution is 0.340. The summed E-state index contributed by atoms with van der Waals surface area (Å²) in [4.78, 5) is 18.4. The minimum Gasteiger partial charge on any atom is -0.496 e. The molecule has 0 spiro atoms. The maximum Gasteiger partial charge on any atom is 0.282 e. The molecule has 38 heavy (non-hydrogen) atoms. The summed E-state index contributed by atoms with van der Waals surface area (Å²) in [6.45, 7) is 2.56. The molecule has 8 heteroatoms. The molecular formula is C30H24N4O4. The van der Waals surface area contributed by atoms with Crippen molar-refractivity contribution in [2.24, 2.45) is 5.10 Å². The molecule has 0 saturated heterocycles. The van der Waals surface area contributed by atoms with E-state index < -0.39 is 0 Å². The lowest BCUT2D eigenvalue weighted by Gasteiger charge is -2.09. The zero-order valence-corrected chi connectivity index (χ0v) is 20.9. The molecule has 0 atom stereocenters. The van der Waals surface area contributed by atoms with E-state index in [0.29, 0.717) is 40.4 Å². The number of hydrogen-bond acceptors (Lipinski definition) is 6.